The molecule has 0 aliphatic heterocycles. The fraction of sp³-hybridized carbons (Fsp3) is 0.500. The molecule has 2 atom stereocenters. The number of thiophene rings is 1. The monoisotopic (exact) mass is 283 g/mol. The predicted molar refractivity (Wildman–Crippen MR) is 70.8 cm³/mol. The lowest BCUT2D eigenvalue weighted by molar-refractivity contribution is -0.0486. The van der Waals surface area contributed by atoms with Gasteiger partial charge in [0.15, 0.2) is 0 Å². The van der Waals surface area contributed by atoms with Gasteiger partial charge in [0.05, 0.1) is 10.4 Å². The van der Waals surface area contributed by atoms with Gasteiger partial charge in [-0.1, -0.05) is 24.4 Å². The minimum Gasteiger partial charge on any atom is -0.382 e. The number of rotatable bonds is 2. The molecule has 0 amide bonds. The van der Waals surface area contributed by atoms with E-state index in [9.17, 15) is 5.11 Å². The topological polar surface area (TPSA) is 50.9 Å². The normalized spacial score (nSPS) is 28.4. The number of hydrogen-bond acceptors (Lipinski definition) is 4. The zero-order chi connectivity index (χ0) is 12.6. The summed E-state index contributed by atoms with van der Waals surface area (Å²) in [6, 6.07) is 3.71. The first-order chi connectivity index (χ1) is 8.70. The molecule has 2 aromatic heterocycles. The average molecular weight is 284 g/mol. The second kappa shape index (κ2) is 4.64. The molecule has 2 heterocycles. The first-order valence-corrected chi connectivity index (χ1v) is 7.22. The molecule has 0 unspecified atom stereocenters. The van der Waals surface area contributed by atoms with Crippen LogP contribution in [0.1, 0.15) is 36.6 Å². The van der Waals surface area contributed by atoms with Gasteiger partial charge >= 0.3 is 0 Å². The van der Waals surface area contributed by atoms with Crippen molar-refractivity contribution in [3.63, 3.8) is 0 Å². The molecule has 0 aromatic carbocycles. The highest BCUT2D eigenvalue weighted by atomic mass is 35.5. The Balaban J connectivity index is 2.01. The quantitative estimate of drug-likeness (QED) is 0.922. The summed E-state index contributed by atoms with van der Waals surface area (Å²) in [6.45, 7) is 0. The molecule has 1 saturated carbocycles. The second-order valence-electron chi connectivity index (χ2n) is 4.67. The molecular weight excluding hydrogens is 270 g/mol. The molecule has 4 nitrogen and oxygen atoms in total. The Morgan fingerprint density at radius 1 is 1.44 bits per heavy atom. The van der Waals surface area contributed by atoms with E-state index in [0.29, 0.717) is 4.34 Å². The lowest BCUT2D eigenvalue weighted by Gasteiger charge is -2.39. The van der Waals surface area contributed by atoms with Gasteiger partial charge in [0.25, 0.3) is 0 Å². The van der Waals surface area contributed by atoms with Crippen molar-refractivity contribution >= 4 is 22.9 Å². The highest BCUT2D eigenvalue weighted by molar-refractivity contribution is 7.16. The van der Waals surface area contributed by atoms with Crippen LogP contribution in [0.4, 0.5) is 0 Å². The molecule has 1 N–H and O–H groups in total. The van der Waals surface area contributed by atoms with E-state index in [4.69, 9.17) is 11.6 Å². The van der Waals surface area contributed by atoms with Crippen LogP contribution in [0.25, 0.3) is 0 Å². The SMILES string of the molecule is O[C@@]1(c2ccc(Cl)s2)CCCC[C@H]1n1cncn1. The van der Waals surface area contributed by atoms with Gasteiger partial charge < -0.3 is 5.11 Å². The first-order valence-electron chi connectivity index (χ1n) is 6.02. The summed E-state index contributed by atoms with van der Waals surface area (Å²) in [7, 11) is 0. The molecule has 6 heteroatoms. The van der Waals surface area contributed by atoms with Gasteiger partial charge in [0.1, 0.15) is 18.3 Å². The third-order valence-corrected chi connectivity index (χ3v) is 4.99. The molecule has 1 aliphatic carbocycles. The smallest absolute Gasteiger partial charge is 0.137 e. The fourth-order valence-corrected chi connectivity index (χ4v) is 3.91. The van der Waals surface area contributed by atoms with Crippen molar-refractivity contribution in [1.29, 1.82) is 0 Å². The summed E-state index contributed by atoms with van der Waals surface area (Å²) in [4.78, 5) is 4.90. The standard InChI is InChI=1S/C12H14ClN3OS/c13-11-5-4-10(18-11)12(17)6-2-1-3-9(12)16-8-14-7-15-16/h4-5,7-9,17H,1-3,6H2/t9-,12+/m1/s1. The van der Waals surface area contributed by atoms with Crippen LogP contribution < -0.4 is 0 Å². The molecule has 2 aromatic rings. The van der Waals surface area contributed by atoms with E-state index in [2.05, 4.69) is 10.1 Å². The predicted octanol–water partition coefficient (Wildman–Crippen LogP) is 3.00. The van der Waals surface area contributed by atoms with Crippen LogP contribution in [0.5, 0.6) is 0 Å². The van der Waals surface area contributed by atoms with Gasteiger partial charge in [0, 0.05) is 4.88 Å². The Bertz CT molecular complexity index is 527. The van der Waals surface area contributed by atoms with Crippen LogP contribution in [0, 0.1) is 0 Å². The van der Waals surface area contributed by atoms with Gasteiger partial charge in [-0.2, -0.15) is 5.10 Å². The number of hydrogen-bond donors (Lipinski definition) is 1. The van der Waals surface area contributed by atoms with E-state index < -0.39 is 5.60 Å². The number of halogens is 1. The van der Waals surface area contributed by atoms with E-state index in [1.54, 1.807) is 11.0 Å². The molecule has 3 rings (SSSR count). The Morgan fingerprint density at radius 2 is 2.33 bits per heavy atom. The first kappa shape index (κ1) is 12.1. The van der Waals surface area contributed by atoms with Gasteiger partial charge in [-0.25, -0.2) is 9.67 Å². The summed E-state index contributed by atoms with van der Waals surface area (Å²) in [5, 5.41) is 15.2. The molecule has 1 aliphatic rings. The third kappa shape index (κ3) is 1.96. The van der Waals surface area contributed by atoms with E-state index in [1.807, 2.05) is 12.1 Å². The molecule has 0 spiro atoms. The van der Waals surface area contributed by atoms with Crippen LogP contribution in [0.15, 0.2) is 24.8 Å². The van der Waals surface area contributed by atoms with Crippen molar-refractivity contribution in [2.24, 2.45) is 0 Å². The summed E-state index contributed by atoms with van der Waals surface area (Å²) in [5.74, 6) is 0. The largest absolute Gasteiger partial charge is 0.382 e. The molecular formula is C12H14ClN3OS. The van der Waals surface area contributed by atoms with Gasteiger partial charge in [0.2, 0.25) is 0 Å². The highest BCUT2D eigenvalue weighted by Gasteiger charge is 2.43. The molecule has 0 bridgehead atoms. The molecule has 18 heavy (non-hydrogen) atoms. The number of aromatic nitrogens is 3. The number of aliphatic hydroxyl groups is 1. The number of nitrogens with zero attached hydrogens (tertiary/aromatic N) is 3. The van der Waals surface area contributed by atoms with Gasteiger partial charge in [-0.15, -0.1) is 11.3 Å². The molecule has 96 valence electrons. The molecule has 0 radical (unpaired) electrons. The van der Waals surface area contributed by atoms with Crippen molar-refractivity contribution in [1.82, 2.24) is 14.8 Å². The maximum Gasteiger partial charge on any atom is 0.137 e. The van der Waals surface area contributed by atoms with Crippen LogP contribution in [-0.2, 0) is 5.60 Å². The van der Waals surface area contributed by atoms with Crippen molar-refractivity contribution in [2.45, 2.75) is 37.3 Å². The van der Waals surface area contributed by atoms with Crippen LogP contribution in [0.3, 0.4) is 0 Å². The summed E-state index contributed by atoms with van der Waals surface area (Å²) in [5.41, 5.74) is -0.871. The Labute approximate surface area is 114 Å². The highest BCUT2D eigenvalue weighted by Crippen LogP contribution is 2.46. The van der Waals surface area contributed by atoms with E-state index in [-0.39, 0.29) is 6.04 Å². The zero-order valence-corrected chi connectivity index (χ0v) is 11.4. The van der Waals surface area contributed by atoms with Crippen molar-refractivity contribution in [3.05, 3.63) is 34.0 Å². The Hall–Kier alpha value is -0.910. The zero-order valence-electron chi connectivity index (χ0n) is 9.79. The Kier molecular flexibility index (Phi) is 3.13. The maximum atomic E-state index is 11.1. The minimum absolute atomic E-state index is 0.0523. The molecule has 1 fully saturated rings. The van der Waals surface area contributed by atoms with E-state index in [1.165, 1.54) is 17.7 Å². The third-order valence-electron chi connectivity index (χ3n) is 3.59. The van der Waals surface area contributed by atoms with Crippen LogP contribution >= 0.6 is 22.9 Å². The van der Waals surface area contributed by atoms with Crippen LogP contribution in [0.2, 0.25) is 4.34 Å². The van der Waals surface area contributed by atoms with Gasteiger partial charge in [-0.3, -0.25) is 0 Å². The van der Waals surface area contributed by atoms with Crippen molar-refractivity contribution < 1.29 is 5.11 Å². The van der Waals surface area contributed by atoms with Gasteiger partial charge in [-0.05, 0) is 25.0 Å². The maximum absolute atomic E-state index is 11.1. The average Bonchev–Trinajstić information content (AvgIpc) is 3.00. The second-order valence-corrected chi connectivity index (χ2v) is 6.38. The summed E-state index contributed by atoms with van der Waals surface area (Å²) in [6.07, 6.45) is 6.97. The van der Waals surface area contributed by atoms with E-state index >= 15 is 0 Å². The van der Waals surface area contributed by atoms with Crippen LogP contribution in [-0.4, -0.2) is 19.9 Å². The summed E-state index contributed by atoms with van der Waals surface area (Å²) < 4.78 is 2.48. The minimum atomic E-state index is -0.871. The fourth-order valence-electron chi connectivity index (χ4n) is 2.70. The summed E-state index contributed by atoms with van der Waals surface area (Å²) >= 11 is 7.43. The van der Waals surface area contributed by atoms with Crippen molar-refractivity contribution in [3.8, 4) is 0 Å². The lowest BCUT2D eigenvalue weighted by Crippen LogP contribution is -2.39. The lowest BCUT2D eigenvalue weighted by atomic mass is 9.79. The molecule has 0 saturated heterocycles. The van der Waals surface area contributed by atoms with E-state index in [0.717, 1.165) is 30.6 Å². The Morgan fingerprint density at radius 3 is 3.00 bits per heavy atom. The van der Waals surface area contributed by atoms with Crippen molar-refractivity contribution in [2.75, 3.05) is 0 Å².